The van der Waals surface area contributed by atoms with E-state index in [1.165, 1.54) is 22.6 Å². The van der Waals surface area contributed by atoms with Crippen molar-refractivity contribution in [2.75, 3.05) is 38.0 Å². The third kappa shape index (κ3) is 5.11. The Bertz CT molecular complexity index is 712. The second-order valence-corrected chi connectivity index (χ2v) is 6.85. The molecule has 1 heterocycles. The van der Waals surface area contributed by atoms with Crippen molar-refractivity contribution < 1.29 is 19.0 Å². The first-order valence-corrected chi connectivity index (χ1v) is 8.87. The Morgan fingerprint density at radius 2 is 1.72 bits per heavy atom. The van der Waals surface area contributed by atoms with Gasteiger partial charge in [0.05, 0.1) is 0 Å². The van der Waals surface area contributed by atoms with E-state index < -0.39 is 0 Å². The Kier molecular flexibility index (Phi) is 5.79. The summed E-state index contributed by atoms with van der Waals surface area (Å²) in [6, 6.07) is 15.0. The minimum atomic E-state index is -0.327. The molecule has 1 aliphatic heterocycles. The third-order valence-electron chi connectivity index (χ3n) is 4.85. The van der Waals surface area contributed by atoms with E-state index in [0.717, 1.165) is 38.3 Å². The Labute approximate surface area is 148 Å². The summed E-state index contributed by atoms with van der Waals surface area (Å²) in [6.45, 7) is 7.45. The second-order valence-electron chi connectivity index (χ2n) is 6.85. The number of nitrogens with one attached hydrogen (secondary N) is 3. The SMILES string of the molecule is Cc1ccc(F)cc1NC(=O)C[NH+]1CC[NH+](Cc2ccccc2)CC1. The third-order valence-corrected chi connectivity index (χ3v) is 4.85. The smallest absolute Gasteiger partial charge is 0.279 e. The van der Waals surface area contributed by atoms with Gasteiger partial charge in [0.25, 0.3) is 5.91 Å². The molecule has 4 nitrogen and oxygen atoms in total. The first-order chi connectivity index (χ1) is 12.1. The fourth-order valence-electron chi connectivity index (χ4n) is 3.35. The standard InChI is InChI=1S/C20H24FN3O/c1-16-7-8-18(21)13-19(16)22-20(25)15-24-11-9-23(10-12-24)14-17-5-3-2-4-6-17/h2-8,13H,9-12,14-15H2,1H3,(H,22,25)/p+2. The summed E-state index contributed by atoms with van der Waals surface area (Å²) in [7, 11) is 0. The lowest BCUT2D eigenvalue weighted by molar-refractivity contribution is -1.02. The van der Waals surface area contributed by atoms with Crippen LogP contribution in [0.3, 0.4) is 0 Å². The predicted octanol–water partition coefficient (Wildman–Crippen LogP) is 0.0562. The average Bonchev–Trinajstić information content (AvgIpc) is 2.61. The molecule has 2 aromatic carbocycles. The lowest BCUT2D eigenvalue weighted by atomic mass is 10.2. The Morgan fingerprint density at radius 1 is 1.04 bits per heavy atom. The number of carbonyl (C=O) groups excluding carboxylic acids is 1. The van der Waals surface area contributed by atoms with Crippen LogP contribution in [0.5, 0.6) is 0 Å². The Morgan fingerprint density at radius 3 is 2.44 bits per heavy atom. The number of carbonyl (C=O) groups is 1. The van der Waals surface area contributed by atoms with Crippen LogP contribution in [0.15, 0.2) is 48.5 Å². The highest BCUT2D eigenvalue weighted by Gasteiger charge is 2.25. The highest BCUT2D eigenvalue weighted by molar-refractivity contribution is 5.92. The number of hydrogen-bond acceptors (Lipinski definition) is 1. The quantitative estimate of drug-likeness (QED) is 0.706. The molecule has 0 bridgehead atoms. The highest BCUT2D eigenvalue weighted by atomic mass is 19.1. The number of benzene rings is 2. The molecule has 25 heavy (non-hydrogen) atoms. The molecule has 3 rings (SSSR count). The van der Waals surface area contributed by atoms with E-state index in [-0.39, 0.29) is 11.7 Å². The minimum Gasteiger partial charge on any atom is -0.322 e. The number of quaternary nitrogens is 2. The van der Waals surface area contributed by atoms with Crippen LogP contribution in [0, 0.1) is 12.7 Å². The molecule has 1 amide bonds. The fourth-order valence-corrected chi connectivity index (χ4v) is 3.35. The van der Waals surface area contributed by atoms with Crippen molar-refractivity contribution in [1.29, 1.82) is 0 Å². The number of amides is 1. The summed E-state index contributed by atoms with van der Waals surface area (Å²) in [6.07, 6.45) is 0. The number of piperazine rings is 1. The van der Waals surface area contributed by atoms with E-state index in [1.54, 1.807) is 11.0 Å². The molecule has 0 unspecified atom stereocenters. The molecule has 0 spiro atoms. The van der Waals surface area contributed by atoms with Crippen molar-refractivity contribution >= 4 is 11.6 Å². The highest BCUT2D eigenvalue weighted by Crippen LogP contribution is 2.15. The van der Waals surface area contributed by atoms with Crippen molar-refractivity contribution in [1.82, 2.24) is 0 Å². The number of anilines is 1. The minimum absolute atomic E-state index is 0.0461. The lowest BCUT2D eigenvalue weighted by Gasteiger charge is -2.29. The predicted molar refractivity (Wildman–Crippen MR) is 96.2 cm³/mol. The van der Waals surface area contributed by atoms with Crippen LogP contribution in [-0.2, 0) is 11.3 Å². The molecule has 0 radical (unpaired) electrons. The zero-order chi connectivity index (χ0) is 17.6. The van der Waals surface area contributed by atoms with Gasteiger partial charge in [-0.25, -0.2) is 4.39 Å². The van der Waals surface area contributed by atoms with Crippen LogP contribution in [0.2, 0.25) is 0 Å². The molecule has 3 N–H and O–H groups in total. The van der Waals surface area contributed by atoms with E-state index in [4.69, 9.17) is 0 Å². The number of hydrogen-bond donors (Lipinski definition) is 3. The van der Waals surface area contributed by atoms with Gasteiger partial charge in [-0.05, 0) is 24.6 Å². The average molecular weight is 343 g/mol. The van der Waals surface area contributed by atoms with Gasteiger partial charge in [-0.2, -0.15) is 0 Å². The van der Waals surface area contributed by atoms with E-state index >= 15 is 0 Å². The van der Waals surface area contributed by atoms with Gasteiger partial charge in [-0.1, -0.05) is 36.4 Å². The second kappa shape index (κ2) is 8.23. The first-order valence-electron chi connectivity index (χ1n) is 8.87. The molecule has 0 aromatic heterocycles. The number of aryl methyl sites for hydroxylation is 1. The van der Waals surface area contributed by atoms with Gasteiger partial charge in [0.1, 0.15) is 38.5 Å². The Balaban J connectivity index is 1.45. The molecular weight excluding hydrogens is 317 g/mol. The van der Waals surface area contributed by atoms with Crippen molar-refractivity contribution in [3.63, 3.8) is 0 Å². The summed E-state index contributed by atoms with van der Waals surface area (Å²) < 4.78 is 13.3. The van der Waals surface area contributed by atoms with Crippen LogP contribution in [-0.4, -0.2) is 38.6 Å². The summed E-state index contributed by atoms with van der Waals surface area (Å²) in [5.74, 6) is -0.374. The molecular formula is C20H26FN3O+2. The number of rotatable bonds is 5. The normalized spacial score (nSPS) is 20.2. The largest absolute Gasteiger partial charge is 0.322 e. The topological polar surface area (TPSA) is 38.0 Å². The molecule has 5 heteroatoms. The summed E-state index contributed by atoms with van der Waals surface area (Å²) in [5.41, 5.74) is 2.81. The van der Waals surface area contributed by atoms with Crippen LogP contribution in [0.4, 0.5) is 10.1 Å². The molecule has 0 aliphatic carbocycles. The van der Waals surface area contributed by atoms with E-state index in [9.17, 15) is 9.18 Å². The van der Waals surface area contributed by atoms with Gasteiger partial charge in [-0.15, -0.1) is 0 Å². The van der Waals surface area contributed by atoms with E-state index in [2.05, 4.69) is 29.6 Å². The lowest BCUT2D eigenvalue weighted by Crippen LogP contribution is -3.28. The molecule has 1 aliphatic rings. The summed E-state index contributed by atoms with van der Waals surface area (Å²) in [4.78, 5) is 15.1. The molecule has 1 fully saturated rings. The summed E-state index contributed by atoms with van der Waals surface area (Å²) >= 11 is 0. The number of halogens is 1. The van der Waals surface area contributed by atoms with Gasteiger partial charge in [0, 0.05) is 11.3 Å². The van der Waals surface area contributed by atoms with Gasteiger partial charge in [0.2, 0.25) is 0 Å². The monoisotopic (exact) mass is 343 g/mol. The van der Waals surface area contributed by atoms with Gasteiger partial charge < -0.3 is 15.1 Å². The first kappa shape index (κ1) is 17.6. The van der Waals surface area contributed by atoms with Crippen LogP contribution in [0.25, 0.3) is 0 Å². The fraction of sp³-hybridized carbons (Fsp3) is 0.350. The molecule has 2 aromatic rings. The zero-order valence-corrected chi connectivity index (χ0v) is 14.6. The molecule has 0 saturated carbocycles. The maximum atomic E-state index is 13.3. The van der Waals surface area contributed by atoms with Crippen molar-refractivity contribution in [3.8, 4) is 0 Å². The Hall–Kier alpha value is -2.24. The van der Waals surface area contributed by atoms with Gasteiger partial charge in [-0.3, -0.25) is 4.79 Å². The molecule has 0 atom stereocenters. The molecule has 1 saturated heterocycles. The summed E-state index contributed by atoms with van der Waals surface area (Å²) in [5, 5.41) is 2.84. The van der Waals surface area contributed by atoms with Crippen LogP contribution in [0.1, 0.15) is 11.1 Å². The van der Waals surface area contributed by atoms with Crippen molar-refractivity contribution in [2.24, 2.45) is 0 Å². The van der Waals surface area contributed by atoms with Gasteiger partial charge >= 0.3 is 0 Å². The maximum absolute atomic E-state index is 13.3. The van der Waals surface area contributed by atoms with Crippen LogP contribution >= 0.6 is 0 Å². The van der Waals surface area contributed by atoms with E-state index in [0.29, 0.717) is 12.2 Å². The van der Waals surface area contributed by atoms with E-state index in [1.807, 2.05) is 13.0 Å². The molecule has 132 valence electrons. The maximum Gasteiger partial charge on any atom is 0.279 e. The van der Waals surface area contributed by atoms with Crippen molar-refractivity contribution in [2.45, 2.75) is 13.5 Å². The van der Waals surface area contributed by atoms with Crippen LogP contribution < -0.4 is 15.1 Å². The van der Waals surface area contributed by atoms with Crippen molar-refractivity contribution in [3.05, 3.63) is 65.5 Å². The zero-order valence-electron chi connectivity index (χ0n) is 14.6. The van der Waals surface area contributed by atoms with Gasteiger partial charge in [0.15, 0.2) is 6.54 Å².